The largest absolute Gasteiger partial charge is 0.391 e. The van der Waals surface area contributed by atoms with Crippen LogP contribution in [0.1, 0.15) is 63.8 Å². The number of carbonyl (C=O) groups excluding carboxylic acids is 1. The van der Waals surface area contributed by atoms with Gasteiger partial charge in [0, 0.05) is 28.4 Å². The number of thiophene rings is 1. The van der Waals surface area contributed by atoms with Crippen LogP contribution >= 0.6 is 11.3 Å². The summed E-state index contributed by atoms with van der Waals surface area (Å²) in [6, 6.07) is 11.1. The molecule has 0 bridgehead atoms. The van der Waals surface area contributed by atoms with E-state index in [4.69, 9.17) is 0 Å². The van der Waals surface area contributed by atoms with Crippen molar-refractivity contribution < 1.29 is 9.90 Å². The van der Waals surface area contributed by atoms with Crippen molar-refractivity contribution in [2.45, 2.75) is 76.6 Å². The van der Waals surface area contributed by atoms with Crippen LogP contribution in [0.5, 0.6) is 0 Å². The molecule has 1 aromatic carbocycles. The van der Waals surface area contributed by atoms with Gasteiger partial charge in [-0.15, -0.1) is 11.3 Å². The molecule has 1 aromatic heterocycles. The first-order chi connectivity index (χ1) is 16.7. The Balaban J connectivity index is 1.54. The molecule has 2 fully saturated rings. The van der Waals surface area contributed by atoms with Crippen molar-refractivity contribution in [3.63, 3.8) is 0 Å². The number of rotatable bonds is 7. The van der Waals surface area contributed by atoms with Crippen molar-refractivity contribution >= 4 is 17.2 Å². The molecule has 35 heavy (non-hydrogen) atoms. The van der Waals surface area contributed by atoms with Crippen LogP contribution in [0.25, 0.3) is 21.6 Å². The fourth-order valence-corrected chi connectivity index (χ4v) is 6.64. The fraction of sp³-hybridized carbons (Fsp3) is 0.593. The molecule has 2 aromatic rings. The van der Waals surface area contributed by atoms with Gasteiger partial charge in [-0.1, -0.05) is 54.7 Å². The Morgan fingerprint density at radius 3 is 2.63 bits per heavy atom. The van der Waals surface area contributed by atoms with Crippen LogP contribution in [0.15, 0.2) is 46.9 Å². The number of aliphatic hydroxyl groups excluding tert-OH is 1. The van der Waals surface area contributed by atoms with Gasteiger partial charge in [-0.25, -0.2) is 0 Å². The molecule has 5 atom stereocenters. The van der Waals surface area contributed by atoms with Crippen molar-refractivity contribution in [3.05, 3.63) is 57.1 Å². The quantitative estimate of drug-likeness (QED) is 0.283. The molecule has 1 saturated heterocycles. The van der Waals surface area contributed by atoms with Crippen LogP contribution in [0.4, 0.5) is 0 Å². The molecule has 1 aliphatic carbocycles. The SMILES string of the molecule is CC(C)(C)NC(=O)[C@@H]1C[C@@H]2CCCC[C@@H]2CN1C[C@@H](O)[C@@H](N=[N+]=[N-])c1cc(-c2ccccc2)cs1. The van der Waals surface area contributed by atoms with Crippen molar-refractivity contribution in [1.82, 2.24) is 10.2 Å². The smallest absolute Gasteiger partial charge is 0.237 e. The minimum atomic E-state index is -0.904. The normalized spacial score (nSPS) is 24.6. The Hall–Kier alpha value is -2.38. The van der Waals surface area contributed by atoms with Crippen LogP contribution in [0.2, 0.25) is 0 Å². The third-order valence-corrected chi connectivity index (χ3v) is 8.29. The number of nitrogens with one attached hydrogen (secondary N) is 1. The highest BCUT2D eigenvalue weighted by Crippen LogP contribution is 2.40. The topological polar surface area (TPSA) is 101 Å². The maximum Gasteiger partial charge on any atom is 0.237 e. The maximum atomic E-state index is 13.3. The number of hydrogen-bond donors (Lipinski definition) is 2. The average molecular weight is 496 g/mol. The first kappa shape index (κ1) is 25.7. The van der Waals surface area contributed by atoms with Gasteiger partial charge in [0.2, 0.25) is 5.91 Å². The summed E-state index contributed by atoms with van der Waals surface area (Å²) >= 11 is 1.49. The molecule has 1 saturated carbocycles. The molecule has 2 heterocycles. The lowest BCUT2D eigenvalue weighted by atomic mass is 9.72. The summed E-state index contributed by atoms with van der Waals surface area (Å²) in [4.78, 5) is 19.3. The zero-order valence-corrected chi connectivity index (χ0v) is 21.7. The predicted molar refractivity (Wildman–Crippen MR) is 141 cm³/mol. The number of carbonyl (C=O) groups is 1. The Labute approximate surface area is 212 Å². The molecule has 1 aliphatic heterocycles. The third-order valence-electron chi connectivity index (χ3n) is 7.28. The lowest BCUT2D eigenvalue weighted by Gasteiger charge is -2.46. The monoisotopic (exact) mass is 495 g/mol. The van der Waals surface area contributed by atoms with E-state index in [2.05, 4.69) is 20.2 Å². The number of benzene rings is 1. The average Bonchev–Trinajstić information content (AvgIpc) is 3.31. The van der Waals surface area contributed by atoms with Gasteiger partial charge in [-0.05, 0) is 73.6 Å². The molecule has 4 rings (SSSR count). The van der Waals surface area contributed by atoms with E-state index in [-0.39, 0.29) is 17.5 Å². The van der Waals surface area contributed by atoms with E-state index in [0.29, 0.717) is 18.4 Å². The van der Waals surface area contributed by atoms with Crippen LogP contribution < -0.4 is 5.32 Å². The second-order valence-corrected chi connectivity index (χ2v) is 12.0. The third kappa shape index (κ3) is 6.44. The number of piperidine rings is 1. The van der Waals surface area contributed by atoms with Gasteiger partial charge in [0.15, 0.2) is 0 Å². The summed E-state index contributed by atoms with van der Waals surface area (Å²) in [5.41, 5.74) is 11.1. The number of likely N-dealkylation sites (tertiary alicyclic amines) is 1. The van der Waals surface area contributed by atoms with Gasteiger partial charge in [0.1, 0.15) is 0 Å². The molecular formula is C27H37N5O2S. The van der Waals surface area contributed by atoms with E-state index in [0.717, 1.165) is 29.0 Å². The zero-order valence-electron chi connectivity index (χ0n) is 20.9. The van der Waals surface area contributed by atoms with Crippen LogP contribution in [0, 0.1) is 11.8 Å². The van der Waals surface area contributed by atoms with E-state index < -0.39 is 12.1 Å². The van der Waals surface area contributed by atoms with Crippen molar-refractivity contribution in [2.75, 3.05) is 13.1 Å². The number of β-amino-alcohol motifs (C(OH)–C–C–N with tert-alkyl or cyclic N) is 1. The summed E-state index contributed by atoms with van der Waals surface area (Å²) < 4.78 is 0. The fourth-order valence-electron chi connectivity index (χ4n) is 5.64. The molecule has 0 unspecified atom stereocenters. The van der Waals surface area contributed by atoms with Gasteiger partial charge < -0.3 is 10.4 Å². The maximum absolute atomic E-state index is 13.3. The van der Waals surface area contributed by atoms with Crippen molar-refractivity contribution in [2.24, 2.45) is 17.0 Å². The molecule has 7 nitrogen and oxygen atoms in total. The van der Waals surface area contributed by atoms with E-state index in [1.165, 1.54) is 37.0 Å². The Bertz CT molecular complexity index is 1040. The predicted octanol–water partition coefficient (Wildman–Crippen LogP) is 5.92. The molecule has 2 aliphatic rings. The van der Waals surface area contributed by atoms with Gasteiger partial charge in [-0.2, -0.15) is 0 Å². The molecule has 1 amide bonds. The highest BCUT2D eigenvalue weighted by molar-refractivity contribution is 7.10. The van der Waals surface area contributed by atoms with Gasteiger partial charge in [0.25, 0.3) is 0 Å². The molecule has 8 heteroatoms. The molecule has 188 valence electrons. The van der Waals surface area contributed by atoms with Crippen molar-refractivity contribution in [3.8, 4) is 11.1 Å². The first-order valence-corrected chi connectivity index (χ1v) is 13.6. The molecule has 0 spiro atoms. The number of nitrogens with zero attached hydrogens (tertiary/aromatic N) is 4. The summed E-state index contributed by atoms with van der Waals surface area (Å²) in [6.45, 7) is 7.08. The second kappa shape index (κ2) is 11.1. The zero-order chi connectivity index (χ0) is 25.0. The lowest BCUT2D eigenvalue weighted by molar-refractivity contribution is -0.132. The summed E-state index contributed by atoms with van der Waals surface area (Å²) in [7, 11) is 0. The number of amides is 1. The summed E-state index contributed by atoms with van der Waals surface area (Å²) in [6.07, 6.45) is 4.74. The minimum Gasteiger partial charge on any atom is -0.391 e. The Morgan fingerprint density at radius 2 is 1.94 bits per heavy atom. The molecule has 2 N–H and O–H groups in total. The van der Waals surface area contributed by atoms with E-state index in [1.54, 1.807) is 0 Å². The second-order valence-electron chi connectivity index (χ2n) is 11.1. The number of azide groups is 1. The van der Waals surface area contributed by atoms with E-state index >= 15 is 0 Å². The van der Waals surface area contributed by atoms with Crippen molar-refractivity contribution in [1.29, 1.82) is 0 Å². The minimum absolute atomic E-state index is 0.0246. The highest BCUT2D eigenvalue weighted by atomic mass is 32.1. The molecular weight excluding hydrogens is 458 g/mol. The van der Waals surface area contributed by atoms with Crippen LogP contribution in [-0.2, 0) is 4.79 Å². The van der Waals surface area contributed by atoms with Crippen LogP contribution in [-0.4, -0.2) is 46.7 Å². The number of aliphatic hydroxyl groups is 1. The van der Waals surface area contributed by atoms with Gasteiger partial charge >= 0.3 is 0 Å². The van der Waals surface area contributed by atoms with Gasteiger partial charge in [-0.3, -0.25) is 9.69 Å². The van der Waals surface area contributed by atoms with E-state index in [1.807, 2.05) is 62.5 Å². The first-order valence-electron chi connectivity index (χ1n) is 12.7. The molecule has 0 radical (unpaired) electrons. The summed E-state index contributed by atoms with van der Waals surface area (Å²) in [5.74, 6) is 1.14. The number of hydrogen-bond acceptors (Lipinski definition) is 5. The standard InChI is InChI=1S/C27H37N5O2S/c1-27(2,3)29-26(34)22-13-19-11-7-8-12-20(19)15-32(22)16-23(33)25(30-31-28)24-14-21(17-35-24)18-9-5-4-6-10-18/h4-6,9-10,14,17,19-20,22-23,25,33H,7-8,11-13,15-16H2,1-3H3,(H,29,34)/t19-,20+,22-,23+,25+/m0/s1. The highest BCUT2D eigenvalue weighted by Gasteiger charge is 2.41. The van der Waals surface area contributed by atoms with Gasteiger partial charge in [0.05, 0.1) is 18.2 Å². The Morgan fingerprint density at radius 1 is 1.23 bits per heavy atom. The number of fused-ring (bicyclic) bond motifs is 1. The summed E-state index contributed by atoms with van der Waals surface area (Å²) in [5, 5.41) is 20.5. The Kier molecular flexibility index (Phi) is 8.17. The lowest BCUT2D eigenvalue weighted by Crippen LogP contribution is -2.58. The van der Waals surface area contributed by atoms with Crippen LogP contribution in [0.3, 0.4) is 0 Å². The van der Waals surface area contributed by atoms with E-state index in [9.17, 15) is 15.4 Å².